The van der Waals surface area contributed by atoms with E-state index in [1.807, 2.05) is 0 Å². The lowest BCUT2D eigenvalue weighted by Gasteiger charge is -2.48. The lowest BCUT2D eigenvalue weighted by Crippen LogP contribution is -2.57. The minimum atomic E-state index is 0.522. The van der Waals surface area contributed by atoms with Crippen LogP contribution in [-0.4, -0.2) is 36.6 Å². The molecule has 0 aromatic rings. The third kappa shape index (κ3) is 2.78. The summed E-state index contributed by atoms with van der Waals surface area (Å²) in [6, 6.07) is 0. The van der Waals surface area contributed by atoms with Crippen molar-refractivity contribution in [2.45, 2.75) is 63.8 Å². The standard InChI is InChI=1S/C14H28N2/c1-2-15-13-14(9-5-3-6-10-14)16-11-7-4-8-12-16/h15H,2-13H2,1H3. The molecule has 0 amide bonds. The van der Waals surface area contributed by atoms with Gasteiger partial charge in [-0.3, -0.25) is 4.90 Å². The summed E-state index contributed by atoms with van der Waals surface area (Å²) in [5, 5.41) is 3.61. The van der Waals surface area contributed by atoms with Gasteiger partial charge >= 0.3 is 0 Å². The van der Waals surface area contributed by atoms with Crippen LogP contribution in [-0.2, 0) is 0 Å². The Labute approximate surface area is 101 Å². The second-order valence-electron chi connectivity index (χ2n) is 5.61. The molecule has 2 rings (SSSR count). The molecule has 2 nitrogen and oxygen atoms in total. The van der Waals surface area contributed by atoms with Crippen LogP contribution < -0.4 is 5.32 Å². The van der Waals surface area contributed by atoms with E-state index < -0.39 is 0 Å². The maximum absolute atomic E-state index is 3.61. The van der Waals surface area contributed by atoms with E-state index in [2.05, 4.69) is 17.1 Å². The molecule has 0 unspecified atom stereocenters. The van der Waals surface area contributed by atoms with Gasteiger partial charge in [-0.05, 0) is 45.3 Å². The van der Waals surface area contributed by atoms with Gasteiger partial charge < -0.3 is 5.32 Å². The molecule has 0 aromatic carbocycles. The highest BCUT2D eigenvalue weighted by molar-refractivity contribution is 4.95. The minimum absolute atomic E-state index is 0.522. The molecule has 1 saturated carbocycles. The first-order valence-corrected chi connectivity index (χ1v) is 7.33. The maximum atomic E-state index is 3.61. The van der Waals surface area contributed by atoms with Crippen molar-refractivity contribution in [2.75, 3.05) is 26.2 Å². The van der Waals surface area contributed by atoms with E-state index in [9.17, 15) is 0 Å². The van der Waals surface area contributed by atoms with Gasteiger partial charge in [0.2, 0.25) is 0 Å². The van der Waals surface area contributed by atoms with Gasteiger partial charge in [-0.25, -0.2) is 0 Å². The van der Waals surface area contributed by atoms with E-state index in [4.69, 9.17) is 0 Å². The molecule has 2 heteroatoms. The Morgan fingerprint density at radius 1 is 0.938 bits per heavy atom. The number of rotatable bonds is 4. The average Bonchev–Trinajstić information content (AvgIpc) is 2.38. The molecule has 16 heavy (non-hydrogen) atoms. The van der Waals surface area contributed by atoms with Crippen LogP contribution in [0.4, 0.5) is 0 Å². The second-order valence-corrected chi connectivity index (χ2v) is 5.61. The van der Waals surface area contributed by atoms with Crippen molar-refractivity contribution in [1.29, 1.82) is 0 Å². The number of piperidine rings is 1. The quantitative estimate of drug-likeness (QED) is 0.790. The largest absolute Gasteiger partial charge is 0.315 e. The first kappa shape index (κ1) is 12.4. The fourth-order valence-electron chi connectivity index (χ4n) is 3.54. The molecule has 2 aliphatic rings. The summed E-state index contributed by atoms with van der Waals surface area (Å²) in [6.45, 7) is 7.28. The first-order valence-electron chi connectivity index (χ1n) is 7.33. The van der Waals surface area contributed by atoms with Crippen LogP contribution in [0.25, 0.3) is 0 Å². The molecule has 1 N–H and O–H groups in total. The monoisotopic (exact) mass is 224 g/mol. The molecule has 1 aliphatic carbocycles. The van der Waals surface area contributed by atoms with Crippen LogP contribution in [0.1, 0.15) is 58.3 Å². The number of likely N-dealkylation sites (tertiary alicyclic amines) is 1. The van der Waals surface area contributed by atoms with Gasteiger partial charge in [0.25, 0.3) is 0 Å². The number of hydrogen-bond acceptors (Lipinski definition) is 2. The number of hydrogen-bond donors (Lipinski definition) is 1. The van der Waals surface area contributed by atoms with Crippen LogP contribution in [0.3, 0.4) is 0 Å². The van der Waals surface area contributed by atoms with Crippen molar-refractivity contribution in [3.8, 4) is 0 Å². The highest BCUT2D eigenvalue weighted by atomic mass is 15.2. The molecule has 0 radical (unpaired) electrons. The van der Waals surface area contributed by atoms with E-state index in [1.165, 1.54) is 71.0 Å². The summed E-state index contributed by atoms with van der Waals surface area (Å²) in [4.78, 5) is 2.82. The number of nitrogens with zero attached hydrogens (tertiary/aromatic N) is 1. The molecule has 2 fully saturated rings. The summed E-state index contributed by atoms with van der Waals surface area (Å²) in [6.07, 6.45) is 11.5. The Bertz CT molecular complexity index is 191. The van der Waals surface area contributed by atoms with Crippen molar-refractivity contribution in [3.63, 3.8) is 0 Å². The van der Waals surface area contributed by atoms with E-state index in [0.717, 1.165) is 6.54 Å². The lowest BCUT2D eigenvalue weighted by atomic mass is 9.79. The first-order chi connectivity index (χ1) is 7.87. The average molecular weight is 224 g/mol. The maximum Gasteiger partial charge on any atom is 0.0333 e. The Morgan fingerprint density at radius 3 is 2.19 bits per heavy atom. The van der Waals surface area contributed by atoms with Gasteiger partial charge in [-0.15, -0.1) is 0 Å². The smallest absolute Gasteiger partial charge is 0.0333 e. The van der Waals surface area contributed by atoms with Crippen LogP contribution in [0, 0.1) is 0 Å². The fraction of sp³-hybridized carbons (Fsp3) is 1.00. The Morgan fingerprint density at radius 2 is 1.56 bits per heavy atom. The topological polar surface area (TPSA) is 15.3 Å². The Kier molecular flexibility index (Phi) is 4.66. The highest BCUT2D eigenvalue weighted by Gasteiger charge is 2.37. The molecule has 1 heterocycles. The predicted molar refractivity (Wildman–Crippen MR) is 69.8 cm³/mol. The zero-order valence-electron chi connectivity index (χ0n) is 10.9. The molecule has 1 saturated heterocycles. The van der Waals surface area contributed by atoms with E-state index in [0.29, 0.717) is 5.54 Å². The summed E-state index contributed by atoms with van der Waals surface area (Å²) in [7, 11) is 0. The van der Waals surface area contributed by atoms with Gasteiger partial charge in [0, 0.05) is 12.1 Å². The van der Waals surface area contributed by atoms with Crippen LogP contribution >= 0.6 is 0 Å². The van der Waals surface area contributed by atoms with Crippen LogP contribution in [0.5, 0.6) is 0 Å². The predicted octanol–water partition coefficient (Wildman–Crippen LogP) is 2.78. The summed E-state index contributed by atoms with van der Waals surface area (Å²) in [5.41, 5.74) is 0.522. The van der Waals surface area contributed by atoms with Crippen LogP contribution in [0.15, 0.2) is 0 Å². The van der Waals surface area contributed by atoms with Crippen molar-refractivity contribution in [1.82, 2.24) is 10.2 Å². The lowest BCUT2D eigenvalue weighted by molar-refractivity contribution is 0.0339. The van der Waals surface area contributed by atoms with Crippen molar-refractivity contribution in [3.05, 3.63) is 0 Å². The molecule has 0 bridgehead atoms. The molecule has 0 aromatic heterocycles. The van der Waals surface area contributed by atoms with Gasteiger partial charge in [0.15, 0.2) is 0 Å². The van der Waals surface area contributed by atoms with Gasteiger partial charge in [0.1, 0.15) is 0 Å². The summed E-state index contributed by atoms with van der Waals surface area (Å²) >= 11 is 0. The molecular weight excluding hydrogens is 196 g/mol. The Balaban J connectivity index is 1.99. The molecular formula is C14H28N2. The Hall–Kier alpha value is -0.0800. The third-order valence-electron chi connectivity index (χ3n) is 4.52. The van der Waals surface area contributed by atoms with E-state index in [-0.39, 0.29) is 0 Å². The summed E-state index contributed by atoms with van der Waals surface area (Å²) in [5.74, 6) is 0. The minimum Gasteiger partial charge on any atom is -0.315 e. The number of likely N-dealkylation sites (N-methyl/N-ethyl adjacent to an activating group) is 1. The zero-order chi connectivity index (χ0) is 11.3. The molecule has 0 atom stereocenters. The van der Waals surface area contributed by atoms with Crippen LogP contribution in [0.2, 0.25) is 0 Å². The second kappa shape index (κ2) is 6.02. The fourth-order valence-corrected chi connectivity index (χ4v) is 3.54. The normalized spacial score (nSPS) is 26.8. The zero-order valence-corrected chi connectivity index (χ0v) is 10.9. The summed E-state index contributed by atoms with van der Waals surface area (Å²) < 4.78 is 0. The molecule has 1 aliphatic heterocycles. The van der Waals surface area contributed by atoms with Crippen molar-refractivity contribution < 1.29 is 0 Å². The van der Waals surface area contributed by atoms with Gasteiger partial charge in [-0.2, -0.15) is 0 Å². The van der Waals surface area contributed by atoms with Crippen molar-refractivity contribution in [2.24, 2.45) is 0 Å². The van der Waals surface area contributed by atoms with Crippen molar-refractivity contribution >= 4 is 0 Å². The highest BCUT2D eigenvalue weighted by Crippen LogP contribution is 2.35. The van der Waals surface area contributed by atoms with E-state index in [1.54, 1.807) is 0 Å². The van der Waals surface area contributed by atoms with Gasteiger partial charge in [-0.1, -0.05) is 32.6 Å². The number of nitrogens with one attached hydrogen (secondary N) is 1. The van der Waals surface area contributed by atoms with E-state index >= 15 is 0 Å². The van der Waals surface area contributed by atoms with Gasteiger partial charge in [0.05, 0.1) is 0 Å². The molecule has 94 valence electrons. The molecule has 0 spiro atoms. The SMILES string of the molecule is CCNCC1(N2CCCCC2)CCCCC1. The third-order valence-corrected chi connectivity index (χ3v) is 4.52.